The van der Waals surface area contributed by atoms with Crippen molar-refractivity contribution in [2.45, 2.75) is 38.8 Å². The van der Waals surface area contributed by atoms with Gasteiger partial charge in [-0.15, -0.1) is 0 Å². The van der Waals surface area contributed by atoms with Crippen LogP contribution in [0.3, 0.4) is 0 Å². The number of nitrogen functional groups attached to an aromatic ring is 1. The quantitative estimate of drug-likeness (QED) is 0.712. The highest BCUT2D eigenvalue weighted by molar-refractivity contribution is 7.16. The highest BCUT2D eigenvalue weighted by Gasteiger charge is 2.11. The molecule has 0 aliphatic carbocycles. The minimum absolute atomic E-state index is 0.121. The first-order chi connectivity index (χ1) is 10.5. The summed E-state index contributed by atoms with van der Waals surface area (Å²) >= 11 is 1.07. The van der Waals surface area contributed by atoms with Gasteiger partial charge >= 0.3 is 10.8 Å². The maximum Gasteiger partial charge on any atom is 0.309 e. The summed E-state index contributed by atoms with van der Waals surface area (Å²) < 4.78 is 7.00. The Morgan fingerprint density at radius 3 is 3.05 bits per heavy atom. The van der Waals surface area contributed by atoms with Gasteiger partial charge in [0.1, 0.15) is 0 Å². The molecule has 0 radical (unpaired) electrons. The van der Waals surface area contributed by atoms with E-state index in [2.05, 4.69) is 9.97 Å². The van der Waals surface area contributed by atoms with Crippen LogP contribution >= 0.6 is 11.3 Å². The smallest absolute Gasteiger partial charge is 0.309 e. The minimum atomic E-state index is -0.570. The molecule has 3 N–H and O–H groups in total. The molecular formula is C13H18N4O4S. The van der Waals surface area contributed by atoms with Crippen molar-refractivity contribution in [1.82, 2.24) is 14.5 Å². The third-order valence-corrected chi connectivity index (χ3v) is 4.01. The number of hydrogen-bond donors (Lipinski definition) is 2. The van der Waals surface area contributed by atoms with Crippen LogP contribution in [-0.4, -0.2) is 38.3 Å². The normalized spacial score (nSPS) is 12.5. The molecule has 2 heterocycles. The molecule has 0 amide bonds. The van der Waals surface area contributed by atoms with Gasteiger partial charge in [0.05, 0.1) is 23.6 Å². The molecule has 9 heteroatoms. The van der Waals surface area contributed by atoms with Crippen LogP contribution in [0.4, 0.5) is 5.95 Å². The first kappa shape index (κ1) is 16.4. The molecule has 0 bridgehead atoms. The number of nitrogens with two attached hydrogens (primary N) is 1. The van der Waals surface area contributed by atoms with Gasteiger partial charge in [-0.2, -0.15) is 4.98 Å². The largest absolute Gasteiger partial charge is 0.466 e. The van der Waals surface area contributed by atoms with Gasteiger partial charge < -0.3 is 15.6 Å². The zero-order valence-electron chi connectivity index (χ0n) is 12.2. The Morgan fingerprint density at radius 2 is 2.32 bits per heavy atom. The molecule has 0 fully saturated rings. The van der Waals surface area contributed by atoms with Crippen molar-refractivity contribution >= 4 is 33.6 Å². The van der Waals surface area contributed by atoms with Gasteiger partial charge in [-0.1, -0.05) is 11.3 Å². The van der Waals surface area contributed by atoms with Gasteiger partial charge in [0, 0.05) is 19.9 Å². The molecule has 22 heavy (non-hydrogen) atoms. The number of ether oxygens (including phenoxy) is 1. The number of anilines is 1. The number of esters is 1. The molecule has 0 spiro atoms. The lowest BCUT2D eigenvalue weighted by molar-refractivity contribution is -0.141. The van der Waals surface area contributed by atoms with E-state index in [1.165, 1.54) is 17.7 Å². The van der Waals surface area contributed by atoms with Gasteiger partial charge in [-0.3, -0.25) is 14.2 Å². The number of nitrogens with zero attached hydrogens (tertiary/aromatic N) is 3. The summed E-state index contributed by atoms with van der Waals surface area (Å²) in [6, 6.07) is 0. The molecule has 0 saturated heterocycles. The molecule has 0 aliphatic heterocycles. The second-order valence-electron chi connectivity index (χ2n) is 4.86. The standard InChI is InChI=1S/C13H18N4O4S/c1-8(18)21-6-4-9(19)3-2-5-17-11-10(22-13(17)20)7-15-12(14)16-11/h7,9,19H,2-6H2,1H3,(H2,14,15,16). The number of hydrogen-bond acceptors (Lipinski definition) is 8. The van der Waals surface area contributed by atoms with Crippen LogP contribution in [0, 0.1) is 0 Å². The third-order valence-electron chi connectivity index (χ3n) is 3.10. The minimum Gasteiger partial charge on any atom is -0.466 e. The van der Waals surface area contributed by atoms with Crippen molar-refractivity contribution in [2.75, 3.05) is 12.3 Å². The topological polar surface area (TPSA) is 120 Å². The zero-order valence-corrected chi connectivity index (χ0v) is 13.0. The summed E-state index contributed by atoms with van der Waals surface area (Å²) in [5, 5.41) is 9.80. The lowest BCUT2D eigenvalue weighted by Gasteiger charge is -2.10. The molecule has 2 aromatic rings. The van der Waals surface area contributed by atoms with Gasteiger partial charge in [-0.05, 0) is 12.8 Å². The molecule has 1 atom stereocenters. The highest BCUT2D eigenvalue weighted by atomic mass is 32.1. The molecule has 0 aliphatic rings. The monoisotopic (exact) mass is 326 g/mol. The van der Waals surface area contributed by atoms with Crippen LogP contribution in [0.15, 0.2) is 11.0 Å². The van der Waals surface area contributed by atoms with E-state index in [0.717, 1.165) is 11.3 Å². The van der Waals surface area contributed by atoms with Crippen LogP contribution < -0.4 is 10.6 Å². The Bertz CT molecular complexity index is 712. The number of aliphatic hydroxyl groups excluding tert-OH is 1. The number of aliphatic hydroxyl groups is 1. The van der Waals surface area contributed by atoms with E-state index in [0.29, 0.717) is 36.2 Å². The number of thiazole rings is 1. The Kier molecular flexibility index (Phi) is 5.45. The van der Waals surface area contributed by atoms with Crippen molar-refractivity contribution in [1.29, 1.82) is 0 Å². The van der Waals surface area contributed by atoms with Crippen molar-refractivity contribution in [2.24, 2.45) is 0 Å². The number of carbonyl (C=O) groups is 1. The maximum atomic E-state index is 11.9. The SMILES string of the molecule is CC(=O)OCCC(O)CCCn1c(=O)sc2cnc(N)nc21. The summed E-state index contributed by atoms with van der Waals surface area (Å²) in [5.74, 6) is -0.235. The molecular weight excluding hydrogens is 308 g/mol. The fraction of sp³-hybridized carbons (Fsp3) is 0.538. The van der Waals surface area contributed by atoms with E-state index in [-0.39, 0.29) is 23.4 Å². The zero-order chi connectivity index (χ0) is 16.1. The summed E-state index contributed by atoms with van der Waals surface area (Å²) in [6.45, 7) is 1.97. The molecule has 2 aromatic heterocycles. The average molecular weight is 326 g/mol. The number of carbonyl (C=O) groups excluding carboxylic acids is 1. The number of aryl methyl sites for hydroxylation is 1. The van der Waals surface area contributed by atoms with Crippen molar-refractivity contribution in [3.63, 3.8) is 0 Å². The van der Waals surface area contributed by atoms with E-state index < -0.39 is 6.10 Å². The Morgan fingerprint density at radius 1 is 1.55 bits per heavy atom. The lowest BCUT2D eigenvalue weighted by Crippen LogP contribution is -2.17. The first-order valence-corrected chi connectivity index (χ1v) is 7.72. The van der Waals surface area contributed by atoms with Crippen molar-refractivity contribution in [3.8, 4) is 0 Å². The maximum absolute atomic E-state index is 11.9. The highest BCUT2D eigenvalue weighted by Crippen LogP contribution is 2.15. The fourth-order valence-electron chi connectivity index (χ4n) is 2.04. The lowest BCUT2D eigenvalue weighted by atomic mass is 10.1. The molecule has 0 saturated carbocycles. The Hall–Kier alpha value is -2.00. The van der Waals surface area contributed by atoms with Crippen LogP contribution in [0.1, 0.15) is 26.2 Å². The van der Waals surface area contributed by atoms with Crippen LogP contribution in [-0.2, 0) is 16.1 Å². The van der Waals surface area contributed by atoms with E-state index >= 15 is 0 Å². The number of fused-ring (bicyclic) bond motifs is 1. The molecule has 2 rings (SSSR count). The molecule has 0 aromatic carbocycles. The average Bonchev–Trinajstić information content (AvgIpc) is 2.74. The predicted octanol–water partition coefficient (Wildman–Crippen LogP) is 0.529. The van der Waals surface area contributed by atoms with Gasteiger partial charge in [0.15, 0.2) is 5.65 Å². The Labute approximate surface area is 130 Å². The van der Waals surface area contributed by atoms with Crippen LogP contribution in [0.5, 0.6) is 0 Å². The first-order valence-electron chi connectivity index (χ1n) is 6.90. The Balaban J connectivity index is 1.89. The van der Waals surface area contributed by atoms with Gasteiger partial charge in [0.2, 0.25) is 5.95 Å². The second-order valence-corrected chi connectivity index (χ2v) is 5.85. The van der Waals surface area contributed by atoms with E-state index in [1.54, 1.807) is 0 Å². The van der Waals surface area contributed by atoms with E-state index in [1.807, 2.05) is 0 Å². The third kappa shape index (κ3) is 4.25. The van der Waals surface area contributed by atoms with E-state index in [9.17, 15) is 14.7 Å². The van der Waals surface area contributed by atoms with Gasteiger partial charge in [-0.25, -0.2) is 4.98 Å². The molecule has 8 nitrogen and oxygen atoms in total. The molecule has 1 unspecified atom stereocenters. The second kappa shape index (κ2) is 7.32. The van der Waals surface area contributed by atoms with E-state index in [4.69, 9.17) is 10.5 Å². The number of rotatable bonds is 7. The summed E-state index contributed by atoms with van der Waals surface area (Å²) in [6.07, 6.45) is 2.46. The van der Waals surface area contributed by atoms with Crippen LogP contribution in [0.25, 0.3) is 10.3 Å². The van der Waals surface area contributed by atoms with Gasteiger partial charge in [0.25, 0.3) is 0 Å². The van der Waals surface area contributed by atoms with Crippen LogP contribution in [0.2, 0.25) is 0 Å². The molecule has 120 valence electrons. The predicted molar refractivity (Wildman–Crippen MR) is 82.6 cm³/mol. The summed E-state index contributed by atoms with van der Waals surface area (Å²) in [5.41, 5.74) is 6.07. The van der Waals surface area contributed by atoms with Crippen molar-refractivity contribution < 1.29 is 14.6 Å². The summed E-state index contributed by atoms with van der Waals surface area (Å²) in [7, 11) is 0. The summed E-state index contributed by atoms with van der Waals surface area (Å²) in [4.78, 5) is 30.4. The number of aromatic nitrogens is 3. The fourth-order valence-corrected chi connectivity index (χ4v) is 2.87. The van der Waals surface area contributed by atoms with Crippen molar-refractivity contribution in [3.05, 3.63) is 15.9 Å².